The minimum absolute atomic E-state index is 0.0414. The summed E-state index contributed by atoms with van der Waals surface area (Å²) >= 11 is 0. The number of allylic oxidation sites excluding steroid dienone is 3. The van der Waals surface area contributed by atoms with Crippen LogP contribution in [0.4, 0.5) is 4.39 Å². The topological polar surface area (TPSA) is 103 Å². The molecule has 1 saturated carbocycles. The van der Waals surface area contributed by atoms with Gasteiger partial charge in [0, 0.05) is 53.6 Å². The number of aromatic nitrogens is 1. The molecule has 1 aliphatic carbocycles. The lowest BCUT2D eigenvalue weighted by Gasteiger charge is -2.50. The van der Waals surface area contributed by atoms with Gasteiger partial charge in [-0.05, 0) is 49.5 Å². The summed E-state index contributed by atoms with van der Waals surface area (Å²) in [6.45, 7) is 7.30. The van der Waals surface area contributed by atoms with Gasteiger partial charge in [0.05, 0.1) is 19.8 Å². The minimum atomic E-state index is -4.39. The highest BCUT2D eigenvalue weighted by molar-refractivity contribution is 7.93. The molecule has 3 aliphatic rings. The van der Waals surface area contributed by atoms with E-state index >= 15 is 0 Å². The summed E-state index contributed by atoms with van der Waals surface area (Å²) < 4.78 is 48.7. The summed E-state index contributed by atoms with van der Waals surface area (Å²) in [5.74, 6) is -0.192. The van der Waals surface area contributed by atoms with Crippen molar-refractivity contribution >= 4 is 26.8 Å². The number of piperidine rings is 1. The van der Waals surface area contributed by atoms with Crippen LogP contribution in [-0.2, 0) is 20.2 Å². The lowest BCUT2D eigenvalue weighted by atomic mass is 9.68. The van der Waals surface area contributed by atoms with E-state index in [0.29, 0.717) is 37.4 Å². The Balaban J connectivity index is 1.63. The van der Waals surface area contributed by atoms with Crippen molar-refractivity contribution in [3.8, 4) is 5.75 Å². The molecule has 2 N–H and O–H groups in total. The number of carbonyl (C=O) groups is 1. The number of carbonyl (C=O) groups excluding carboxylic acids is 1. The molecule has 1 spiro atoms. The largest absolute Gasteiger partial charge is 0.497 e. The van der Waals surface area contributed by atoms with Crippen molar-refractivity contribution in [3.63, 3.8) is 0 Å². The number of likely N-dealkylation sites (tertiary alicyclic amines) is 1. The molecule has 1 amide bonds. The number of H-pyrrole nitrogens is 1. The predicted molar refractivity (Wildman–Crippen MR) is 144 cm³/mol. The van der Waals surface area contributed by atoms with Gasteiger partial charge in [-0.3, -0.25) is 4.79 Å². The second-order valence-electron chi connectivity index (χ2n) is 10.5. The normalized spacial score (nSPS) is 22.2. The monoisotopic (exact) mass is 543 g/mol. The molecule has 10 heteroatoms. The number of ether oxygens (including phenoxy) is 1. The number of halogens is 1. The lowest BCUT2D eigenvalue weighted by Crippen LogP contribution is -2.56. The molecular formula is C28H34FN3O5S. The Labute approximate surface area is 222 Å². The average Bonchev–Trinajstić information content (AvgIpc) is 3.25. The van der Waals surface area contributed by atoms with Gasteiger partial charge < -0.3 is 19.7 Å². The van der Waals surface area contributed by atoms with Gasteiger partial charge in [-0.15, -0.1) is 0 Å². The van der Waals surface area contributed by atoms with E-state index in [1.165, 1.54) is 10.4 Å². The minimum Gasteiger partial charge on any atom is -0.497 e. The van der Waals surface area contributed by atoms with Gasteiger partial charge in [0.2, 0.25) is 15.9 Å². The number of methoxy groups -OCH3 is 1. The van der Waals surface area contributed by atoms with Crippen molar-refractivity contribution in [2.75, 3.05) is 33.4 Å². The first-order valence-electron chi connectivity index (χ1n) is 13.0. The van der Waals surface area contributed by atoms with Crippen LogP contribution in [0, 0.1) is 5.92 Å². The van der Waals surface area contributed by atoms with E-state index in [4.69, 9.17) is 4.74 Å². The molecule has 1 unspecified atom stereocenters. The number of hydrogen-bond acceptors (Lipinski definition) is 5. The number of aromatic amines is 1. The summed E-state index contributed by atoms with van der Waals surface area (Å²) in [5, 5.41) is 11.4. The van der Waals surface area contributed by atoms with Gasteiger partial charge in [0.1, 0.15) is 16.5 Å². The number of hydrogen-bond donors (Lipinski definition) is 2. The van der Waals surface area contributed by atoms with Gasteiger partial charge >= 0.3 is 0 Å². The number of aliphatic hydroxyl groups excluding tert-OH is 1. The third-order valence-corrected chi connectivity index (χ3v) is 10.4. The fraction of sp³-hybridized carbons (Fsp3) is 0.464. The number of fused-ring (bicyclic) bond motifs is 4. The maximum atomic E-state index is 14.4. The highest BCUT2D eigenvalue weighted by atomic mass is 32.2. The first-order valence-corrected chi connectivity index (χ1v) is 14.4. The Morgan fingerprint density at radius 2 is 2.03 bits per heavy atom. The van der Waals surface area contributed by atoms with Gasteiger partial charge in [-0.2, -0.15) is 4.31 Å². The summed E-state index contributed by atoms with van der Waals surface area (Å²) in [5.41, 5.74) is 1.64. The molecule has 1 atom stereocenters. The maximum absolute atomic E-state index is 14.4. The molecule has 1 aromatic carbocycles. The number of nitrogens with zero attached hydrogens (tertiary/aromatic N) is 2. The fourth-order valence-corrected chi connectivity index (χ4v) is 7.96. The Hall–Kier alpha value is -2.95. The van der Waals surface area contributed by atoms with E-state index in [1.54, 1.807) is 7.11 Å². The van der Waals surface area contributed by atoms with Gasteiger partial charge in [-0.25, -0.2) is 12.8 Å². The molecule has 38 heavy (non-hydrogen) atoms. The molecule has 1 aromatic heterocycles. The van der Waals surface area contributed by atoms with Crippen molar-refractivity contribution in [3.05, 3.63) is 65.5 Å². The first kappa shape index (κ1) is 26.6. The molecule has 5 rings (SSSR count). The highest BCUT2D eigenvalue weighted by Gasteiger charge is 2.52. The quantitative estimate of drug-likeness (QED) is 0.513. The van der Waals surface area contributed by atoms with Crippen LogP contribution in [-0.4, -0.2) is 67.0 Å². The van der Waals surface area contributed by atoms with Crippen LogP contribution >= 0.6 is 0 Å². The van der Waals surface area contributed by atoms with Crippen molar-refractivity contribution in [1.82, 2.24) is 14.2 Å². The number of benzene rings is 1. The van der Waals surface area contributed by atoms with E-state index < -0.39 is 38.8 Å². The van der Waals surface area contributed by atoms with Crippen LogP contribution in [0.3, 0.4) is 0 Å². The smallest absolute Gasteiger partial charge is 0.246 e. The van der Waals surface area contributed by atoms with Gasteiger partial charge in [0.25, 0.3) is 0 Å². The Morgan fingerprint density at radius 3 is 2.58 bits per heavy atom. The zero-order chi connectivity index (χ0) is 27.2. The summed E-state index contributed by atoms with van der Waals surface area (Å²) in [4.78, 5) is 17.7. The molecule has 0 radical (unpaired) electrons. The van der Waals surface area contributed by atoms with E-state index in [0.717, 1.165) is 41.8 Å². The van der Waals surface area contributed by atoms with Gasteiger partial charge in [-0.1, -0.05) is 25.7 Å². The number of nitrogens with one attached hydrogen (secondary N) is 1. The van der Waals surface area contributed by atoms with Gasteiger partial charge in [0.15, 0.2) is 0 Å². The summed E-state index contributed by atoms with van der Waals surface area (Å²) in [6.07, 6.45) is 6.29. The molecule has 2 aliphatic heterocycles. The second kappa shape index (κ2) is 9.98. The number of rotatable bonds is 7. The molecule has 1 saturated heterocycles. The molecule has 204 valence electrons. The second-order valence-corrected chi connectivity index (χ2v) is 12.3. The predicted octanol–water partition coefficient (Wildman–Crippen LogP) is 4.07. The van der Waals surface area contributed by atoms with Crippen LogP contribution in [0.5, 0.6) is 5.75 Å². The average molecular weight is 544 g/mol. The lowest BCUT2D eigenvalue weighted by molar-refractivity contribution is -0.140. The number of amides is 1. The zero-order valence-corrected chi connectivity index (χ0v) is 22.4. The Bertz CT molecular complexity index is 1420. The summed E-state index contributed by atoms with van der Waals surface area (Å²) in [7, 11) is -2.82. The van der Waals surface area contributed by atoms with E-state index in [-0.39, 0.29) is 18.4 Å². The molecule has 2 aromatic rings. The number of sulfonamides is 1. The molecular weight excluding hydrogens is 509 g/mol. The van der Waals surface area contributed by atoms with Crippen LogP contribution in [0.2, 0.25) is 0 Å². The third kappa shape index (κ3) is 4.19. The van der Waals surface area contributed by atoms with E-state index in [9.17, 15) is 22.7 Å². The first-order chi connectivity index (χ1) is 18.2. The molecule has 0 bridgehead atoms. The SMILES string of the molecule is C=C/C=C(\C(=C)F)S(=O)(=O)N1CC2(CCN(C(=O)C3CCC3)CC2)c2c([nH]c3cc(OC)ccc23)C1CO. The molecule has 2 fully saturated rings. The van der Waals surface area contributed by atoms with Crippen molar-refractivity contribution in [2.45, 2.75) is 43.6 Å². The molecule has 3 heterocycles. The van der Waals surface area contributed by atoms with Crippen LogP contribution < -0.4 is 4.74 Å². The van der Waals surface area contributed by atoms with Crippen LogP contribution in [0.25, 0.3) is 10.9 Å². The Kier molecular flexibility index (Phi) is 7.00. The zero-order valence-electron chi connectivity index (χ0n) is 21.6. The van der Waals surface area contributed by atoms with Crippen LogP contribution in [0.1, 0.15) is 49.4 Å². The third-order valence-electron chi connectivity index (χ3n) is 8.49. The maximum Gasteiger partial charge on any atom is 0.246 e. The van der Waals surface area contributed by atoms with Crippen molar-refractivity contribution in [2.24, 2.45) is 5.92 Å². The number of aliphatic hydroxyl groups is 1. The van der Waals surface area contributed by atoms with Crippen LogP contribution in [0.15, 0.2) is 54.2 Å². The van der Waals surface area contributed by atoms with Crippen molar-refractivity contribution in [1.29, 1.82) is 0 Å². The van der Waals surface area contributed by atoms with Crippen molar-refractivity contribution < 1.29 is 27.4 Å². The standard InChI is InChI=1S/C28H34FN3O5S/c1-4-6-24(18(2)29)38(35,36)32-17-28(11-13-31(14-12-28)27(34)19-7-5-8-19)25-21-10-9-20(37-3)15-22(21)30-26(25)23(32)16-33/h4,6,9-10,15,19,23,30,33H,1-2,5,7-8,11-14,16-17H2,3H3/b24-6+. The fourth-order valence-electron chi connectivity index (χ4n) is 6.24. The highest BCUT2D eigenvalue weighted by Crippen LogP contribution is 2.51. The summed E-state index contributed by atoms with van der Waals surface area (Å²) in [6, 6.07) is 4.69. The van der Waals surface area contributed by atoms with E-state index in [2.05, 4.69) is 18.1 Å². The van der Waals surface area contributed by atoms with E-state index in [1.807, 2.05) is 23.1 Å². The Morgan fingerprint density at radius 1 is 1.32 bits per heavy atom. The molecule has 8 nitrogen and oxygen atoms in total.